The van der Waals surface area contributed by atoms with Crippen LogP contribution in [0.1, 0.15) is 54.4 Å². The molecule has 7 rings (SSSR count). The Bertz CT molecular complexity index is 2260. The molecule has 3 aliphatic rings. The average Bonchev–Trinajstić information content (AvgIpc) is 3.88. The summed E-state index contributed by atoms with van der Waals surface area (Å²) in [6.07, 6.45) is -5.49. The van der Waals surface area contributed by atoms with Gasteiger partial charge in [0.25, 0.3) is 5.56 Å². The van der Waals surface area contributed by atoms with Gasteiger partial charge >= 0.3 is 12.1 Å². The van der Waals surface area contributed by atoms with Crippen LogP contribution in [0.3, 0.4) is 0 Å². The summed E-state index contributed by atoms with van der Waals surface area (Å²) in [5, 5.41) is 59.3. The summed E-state index contributed by atoms with van der Waals surface area (Å²) in [5.74, 6) is -0.529. The number of ether oxygens (including phenoxy) is 8. The molecule has 330 valence electrons. The molecule has 0 saturated carbocycles. The molecule has 21 heteroatoms. The maximum Gasteiger partial charge on any atom is 0.513 e. The number of esters is 1. The molecule has 1 aromatic carbocycles. The minimum Gasteiger partial charge on any atom is -0.458 e. The van der Waals surface area contributed by atoms with Crippen LogP contribution in [0, 0.1) is 0 Å². The Morgan fingerprint density at radius 3 is 2.31 bits per heavy atom. The Balaban J connectivity index is 0.775. The molecule has 61 heavy (non-hydrogen) atoms. The first-order chi connectivity index (χ1) is 29.5. The Labute approximate surface area is 348 Å². The highest BCUT2D eigenvalue weighted by Crippen LogP contribution is 2.41. The van der Waals surface area contributed by atoms with Crippen LogP contribution in [0.4, 0.5) is 4.79 Å². The van der Waals surface area contributed by atoms with Crippen molar-refractivity contribution < 1.29 is 73.0 Å². The fourth-order valence-corrected chi connectivity index (χ4v) is 7.56. The van der Waals surface area contributed by atoms with Crippen molar-refractivity contribution in [2.24, 2.45) is 0 Å². The molecule has 0 radical (unpaired) electrons. The molecule has 3 aliphatic heterocycles. The summed E-state index contributed by atoms with van der Waals surface area (Å²) in [6.45, 7) is 5.03. The van der Waals surface area contributed by atoms with E-state index in [1.54, 1.807) is 35.8 Å². The smallest absolute Gasteiger partial charge is 0.458 e. The Morgan fingerprint density at radius 2 is 1.62 bits per heavy atom. The minimum atomic E-state index is -1.92. The van der Waals surface area contributed by atoms with Gasteiger partial charge in [0.1, 0.15) is 49.1 Å². The van der Waals surface area contributed by atoms with Gasteiger partial charge in [-0.25, -0.2) is 19.3 Å². The second kappa shape index (κ2) is 19.4. The highest BCUT2D eigenvalue weighted by Gasteiger charge is 2.46. The zero-order chi connectivity index (χ0) is 43.3. The van der Waals surface area contributed by atoms with Gasteiger partial charge in [-0.05, 0) is 42.7 Å². The lowest BCUT2D eigenvalue weighted by atomic mass is 9.86. The van der Waals surface area contributed by atoms with Gasteiger partial charge in [-0.1, -0.05) is 19.1 Å². The molecular weight excluding hydrogens is 806 g/mol. The molecule has 0 aliphatic carbocycles. The number of pyridine rings is 2. The van der Waals surface area contributed by atoms with Gasteiger partial charge in [0.2, 0.25) is 0 Å². The molecule has 0 bridgehead atoms. The Hall–Kier alpha value is -4.94. The van der Waals surface area contributed by atoms with Gasteiger partial charge in [0.15, 0.2) is 11.8 Å². The standard InChI is InChI=1S/C40H49N5O16/c1-3-24-25-15-23(5-6-29(25)41-32-26(24)18-44-30(32)16-28-27(36(44)50)21-59-38(51)40(28,53)4-2)60-39(52)58-14-13-56-10-9-54-7-8-55-11-12-57-20-22-17-45(43-42-22)37-35(49)34(48)33(47)31(19-46)61-37/h5-6,15-17,31,33-35,37,46-49,53H,3-4,7-14,18-21H2,1-2H3/t31-,33-,34+,35-,37-,40-/m0/s1. The third kappa shape index (κ3) is 9.16. The normalized spacial score (nSPS) is 23.1. The van der Waals surface area contributed by atoms with Crippen molar-refractivity contribution in [3.63, 3.8) is 0 Å². The monoisotopic (exact) mass is 855 g/mol. The maximum absolute atomic E-state index is 13.6. The van der Waals surface area contributed by atoms with Crippen LogP contribution in [0.25, 0.3) is 22.3 Å². The van der Waals surface area contributed by atoms with Crippen LogP contribution in [-0.4, -0.2) is 146 Å². The van der Waals surface area contributed by atoms with Gasteiger partial charge in [-0.15, -0.1) is 5.10 Å². The van der Waals surface area contributed by atoms with Crippen molar-refractivity contribution in [2.45, 2.75) is 82.7 Å². The first kappa shape index (κ1) is 44.1. The predicted molar refractivity (Wildman–Crippen MR) is 207 cm³/mol. The largest absolute Gasteiger partial charge is 0.513 e. The van der Waals surface area contributed by atoms with Gasteiger partial charge in [0.05, 0.1) is 94.7 Å². The molecule has 0 spiro atoms. The van der Waals surface area contributed by atoms with E-state index < -0.39 is 55.0 Å². The molecule has 6 heterocycles. The van der Waals surface area contributed by atoms with E-state index in [0.29, 0.717) is 48.8 Å². The number of fused-ring (bicyclic) bond motifs is 5. The van der Waals surface area contributed by atoms with E-state index in [4.69, 9.17) is 42.9 Å². The van der Waals surface area contributed by atoms with E-state index in [-0.39, 0.29) is 81.6 Å². The van der Waals surface area contributed by atoms with Crippen LogP contribution >= 0.6 is 0 Å². The number of cyclic esters (lactones) is 1. The van der Waals surface area contributed by atoms with Crippen molar-refractivity contribution >= 4 is 23.0 Å². The average molecular weight is 856 g/mol. The number of carbonyl (C=O) groups excluding carboxylic acids is 2. The van der Waals surface area contributed by atoms with E-state index in [1.165, 1.54) is 10.9 Å². The number of aryl methyl sites for hydroxylation is 1. The quantitative estimate of drug-likeness (QED) is 0.0415. The van der Waals surface area contributed by atoms with Crippen LogP contribution in [-0.2, 0) is 69.7 Å². The first-order valence-electron chi connectivity index (χ1n) is 20.0. The van der Waals surface area contributed by atoms with E-state index in [0.717, 1.165) is 16.5 Å². The van der Waals surface area contributed by atoms with Crippen LogP contribution < -0.4 is 10.3 Å². The molecule has 5 N–H and O–H groups in total. The third-order valence-corrected chi connectivity index (χ3v) is 10.8. The van der Waals surface area contributed by atoms with Crippen molar-refractivity contribution in [3.8, 4) is 17.1 Å². The van der Waals surface area contributed by atoms with E-state index in [2.05, 4.69) is 10.3 Å². The third-order valence-electron chi connectivity index (χ3n) is 10.8. The topological polar surface area (TPSA) is 275 Å². The van der Waals surface area contributed by atoms with Crippen LogP contribution in [0.2, 0.25) is 0 Å². The Morgan fingerprint density at radius 1 is 0.918 bits per heavy atom. The summed E-state index contributed by atoms with van der Waals surface area (Å²) >= 11 is 0. The molecule has 3 aromatic heterocycles. The summed E-state index contributed by atoms with van der Waals surface area (Å²) < 4.78 is 46.0. The van der Waals surface area contributed by atoms with E-state index >= 15 is 0 Å². The highest BCUT2D eigenvalue weighted by molar-refractivity contribution is 5.90. The summed E-state index contributed by atoms with van der Waals surface area (Å²) in [6, 6.07) is 6.70. The molecule has 6 atom stereocenters. The van der Waals surface area contributed by atoms with Crippen LogP contribution in [0.5, 0.6) is 5.75 Å². The van der Waals surface area contributed by atoms with Crippen LogP contribution in [0.15, 0.2) is 35.3 Å². The summed E-state index contributed by atoms with van der Waals surface area (Å²) in [5.41, 5.74) is 2.14. The van der Waals surface area contributed by atoms with E-state index in [9.17, 15) is 39.9 Å². The lowest BCUT2D eigenvalue weighted by Crippen LogP contribution is -2.56. The van der Waals surface area contributed by atoms with Crippen molar-refractivity contribution in [3.05, 3.63) is 68.8 Å². The molecule has 0 unspecified atom stereocenters. The minimum absolute atomic E-state index is 0.0460. The van der Waals surface area contributed by atoms with Gasteiger partial charge in [-0.2, -0.15) is 0 Å². The summed E-state index contributed by atoms with van der Waals surface area (Å²) in [7, 11) is 0. The summed E-state index contributed by atoms with van der Waals surface area (Å²) in [4.78, 5) is 43.5. The molecule has 21 nitrogen and oxygen atoms in total. The molecular formula is C40H49N5O16. The van der Waals surface area contributed by atoms with Gasteiger partial charge in [0, 0.05) is 16.5 Å². The van der Waals surface area contributed by atoms with Crippen molar-refractivity contribution in [2.75, 3.05) is 59.5 Å². The Kier molecular flexibility index (Phi) is 14.0. The molecule has 1 saturated heterocycles. The maximum atomic E-state index is 13.6. The number of benzene rings is 1. The van der Waals surface area contributed by atoms with Crippen molar-refractivity contribution in [1.29, 1.82) is 0 Å². The fraction of sp³-hybridized carbons (Fsp3) is 0.550. The lowest BCUT2D eigenvalue weighted by Gasteiger charge is -2.39. The molecule has 0 amide bonds. The van der Waals surface area contributed by atoms with Gasteiger partial charge < -0.3 is 68.0 Å². The number of rotatable bonds is 19. The van der Waals surface area contributed by atoms with Crippen molar-refractivity contribution in [1.82, 2.24) is 24.5 Å². The number of aliphatic hydroxyl groups excluding tert-OH is 4. The number of carbonyl (C=O) groups is 2. The zero-order valence-corrected chi connectivity index (χ0v) is 33.6. The number of aliphatic hydroxyl groups is 5. The number of hydrogen-bond acceptors (Lipinski definition) is 19. The fourth-order valence-electron chi connectivity index (χ4n) is 7.56. The number of aromatic nitrogens is 5. The second-order valence-corrected chi connectivity index (χ2v) is 14.6. The van der Waals surface area contributed by atoms with Gasteiger partial charge in [-0.3, -0.25) is 4.79 Å². The number of hydrogen-bond donors (Lipinski definition) is 5. The van der Waals surface area contributed by atoms with E-state index in [1.807, 2.05) is 6.92 Å². The zero-order valence-electron chi connectivity index (χ0n) is 33.6. The predicted octanol–water partition coefficient (Wildman–Crippen LogP) is -0.0121. The highest BCUT2D eigenvalue weighted by atomic mass is 16.7. The first-order valence-corrected chi connectivity index (χ1v) is 20.0. The molecule has 4 aromatic rings. The SMILES string of the molecule is CCc1c2c(nc3ccc(OC(=O)OCCOCCOCCOCCOCc4cn([C@H]5O[C@@H](CO)[C@H](O)[C@@H](O)[C@@H]5O)nn4)cc13)-c1cc3c(c(=O)n1C2)COC(=O)[C@]3(O)CC. The second-order valence-electron chi connectivity index (χ2n) is 14.6. The number of nitrogens with zero attached hydrogens (tertiary/aromatic N) is 5. The lowest BCUT2D eigenvalue weighted by molar-refractivity contribution is -0.254. The molecule has 1 fully saturated rings.